The van der Waals surface area contributed by atoms with Gasteiger partial charge < -0.3 is 14.5 Å². The molecule has 0 radical (unpaired) electrons. The third-order valence-corrected chi connectivity index (χ3v) is 6.54. The molecule has 2 saturated heterocycles. The maximum atomic E-state index is 13.5. The summed E-state index contributed by atoms with van der Waals surface area (Å²) in [7, 11) is 0. The van der Waals surface area contributed by atoms with E-state index in [0.29, 0.717) is 31.1 Å². The van der Waals surface area contributed by atoms with Crippen LogP contribution in [0.2, 0.25) is 0 Å². The van der Waals surface area contributed by atoms with Crippen LogP contribution in [0.15, 0.2) is 22.9 Å². The zero-order valence-electron chi connectivity index (χ0n) is 19.3. The number of aromatic nitrogens is 3. The zero-order chi connectivity index (χ0) is 23.2. The first-order valence-electron chi connectivity index (χ1n) is 11.1. The van der Waals surface area contributed by atoms with Crippen LogP contribution in [-0.2, 0) is 4.74 Å². The number of hydrogen-bond donors (Lipinski definition) is 0. The Morgan fingerprint density at radius 1 is 1.34 bits per heavy atom. The number of carbonyl (C=O) groups excluding carboxylic acids is 2. The van der Waals surface area contributed by atoms with Crippen LogP contribution in [0.3, 0.4) is 0 Å². The van der Waals surface area contributed by atoms with E-state index in [1.807, 2.05) is 37.9 Å². The zero-order valence-corrected chi connectivity index (χ0v) is 20.9. The van der Waals surface area contributed by atoms with Crippen LogP contribution in [-0.4, -0.2) is 73.8 Å². The largest absolute Gasteiger partial charge is 0.444 e. The van der Waals surface area contributed by atoms with Crippen LogP contribution in [0.25, 0.3) is 5.65 Å². The number of rotatable bonds is 4. The lowest BCUT2D eigenvalue weighted by Gasteiger charge is -2.30. The lowest BCUT2D eigenvalue weighted by Crippen LogP contribution is -2.46. The highest BCUT2D eigenvalue weighted by molar-refractivity contribution is 9.10. The van der Waals surface area contributed by atoms with E-state index in [1.165, 1.54) is 0 Å². The first-order chi connectivity index (χ1) is 15.0. The molecular weight excluding hydrogens is 476 g/mol. The highest BCUT2D eigenvalue weighted by atomic mass is 79.9. The van der Waals surface area contributed by atoms with Gasteiger partial charge >= 0.3 is 12.1 Å². The minimum Gasteiger partial charge on any atom is -0.444 e. The van der Waals surface area contributed by atoms with E-state index in [2.05, 4.69) is 34.9 Å². The Morgan fingerprint density at radius 2 is 2.09 bits per heavy atom. The molecule has 32 heavy (non-hydrogen) atoms. The second-order valence-electron chi connectivity index (χ2n) is 9.89. The van der Waals surface area contributed by atoms with Crippen LogP contribution in [0.4, 0.5) is 15.4 Å². The number of anilines is 1. The van der Waals surface area contributed by atoms with Gasteiger partial charge in [0.05, 0.1) is 22.8 Å². The van der Waals surface area contributed by atoms with E-state index < -0.39 is 5.60 Å². The molecule has 0 unspecified atom stereocenters. The molecule has 10 heteroatoms. The summed E-state index contributed by atoms with van der Waals surface area (Å²) in [6.45, 7) is 11.6. The van der Waals surface area contributed by atoms with E-state index in [-0.39, 0.29) is 30.1 Å². The number of likely N-dealkylation sites (tertiary alicyclic amines) is 1. The first-order valence-corrected chi connectivity index (χ1v) is 11.9. The second-order valence-corrected chi connectivity index (χ2v) is 10.7. The molecule has 2 aliphatic heterocycles. The normalized spacial score (nSPS) is 22.0. The SMILES string of the molecule is CC(C)[C@H]1CN(C[C@H]2CCCN2C(=O)OC(C)(C)C)C(=O)N1c1ccn2ncc(Br)c2n1. The van der Waals surface area contributed by atoms with Crippen LogP contribution >= 0.6 is 15.9 Å². The summed E-state index contributed by atoms with van der Waals surface area (Å²) in [4.78, 5) is 36.3. The Hall–Kier alpha value is -2.36. The molecule has 2 aromatic rings. The molecule has 0 aliphatic carbocycles. The number of nitrogens with zero attached hydrogens (tertiary/aromatic N) is 6. The third kappa shape index (κ3) is 4.42. The van der Waals surface area contributed by atoms with Crippen LogP contribution < -0.4 is 4.90 Å². The Morgan fingerprint density at radius 3 is 2.78 bits per heavy atom. The van der Waals surface area contributed by atoms with E-state index in [0.717, 1.165) is 17.3 Å². The fraction of sp³-hybridized carbons (Fsp3) is 0.636. The molecule has 3 amide bonds. The van der Waals surface area contributed by atoms with E-state index in [1.54, 1.807) is 20.5 Å². The predicted octanol–water partition coefficient (Wildman–Crippen LogP) is 4.16. The number of halogens is 1. The quantitative estimate of drug-likeness (QED) is 0.621. The molecule has 174 valence electrons. The maximum absolute atomic E-state index is 13.5. The number of hydrogen-bond acceptors (Lipinski definition) is 5. The molecule has 9 nitrogen and oxygen atoms in total. The Balaban J connectivity index is 1.55. The number of urea groups is 1. The average molecular weight is 507 g/mol. The minimum absolute atomic E-state index is 0.00414. The summed E-state index contributed by atoms with van der Waals surface area (Å²) in [6, 6.07) is 1.70. The van der Waals surface area contributed by atoms with Crippen molar-refractivity contribution in [3.05, 3.63) is 22.9 Å². The van der Waals surface area contributed by atoms with Crippen LogP contribution in [0.1, 0.15) is 47.5 Å². The van der Waals surface area contributed by atoms with Gasteiger partial charge in [0, 0.05) is 25.8 Å². The van der Waals surface area contributed by atoms with Gasteiger partial charge in [0.2, 0.25) is 0 Å². The number of carbonyl (C=O) groups is 2. The Labute approximate surface area is 196 Å². The summed E-state index contributed by atoms with van der Waals surface area (Å²) >= 11 is 3.47. The highest BCUT2D eigenvalue weighted by Gasteiger charge is 2.43. The van der Waals surface area contributed by atoms with Crippen molar-refractivity contribution in [3.63, 3.8) is 0 Å². The molecule has 0 bridgehead atoms. The fourth-order valence-electron chi connectivity index (χ4n) is 4.42. The number of ether oxygens (including phenoxy) is 1. The second kappa shape index (κ2) is 8.53. The van der Waals surface area contributed by atoms with E-state index >= 15 is 0 Å². The summed E-state index contributed by atoms with van der Waals surface area (Å²) < 4.78 is 8.04. The lowest BCUT2D eigenvalue weighted by molar-refractivity contribution is 0.0208. The average Bonchev–Trinajstić information content (AvgIpc) is 3.39. The van der Waals surface area contributed by atoms with Gasteiger partial charge in [0.25, 0.3) is 0 Å². The van der Waals surface area contributed by atoms with Crippen molar-refractivity contribution in [2.75, 3.05) is 24.5 Å². The minimum atomic E-state index is -0.542. The molecule has 2 aromatic heterocycles. The smallest absolute Gasteiger partial charge is 0.410 e. The van der Waals surface area contributed by atoms with Crippen molar-refractivity contribution in [1.29, 1.82) is 0 Å². The monoisotopic (exact) mass is 506 g/mol. The number of fused-ring (bicyclic) bond motifs is 1. The molecule has 2 atom stereocenters. The van der Waals surface area contributed by atoms with Gasteiger partial charge in [-0.15, -0.1) is 0 Å². The summed E-state index contributed by atoms with van der Waals surface area (Å²) in [6.07, 6.45) is 4.98. The van der Waals surface area contributed by atoms with Gasteiger partial charge in [0.15, 0.2) is 5.65 Å². The molecule has 0 N–H and O–H groups in total. The van der Waals surface area contributed by atoms with Crippen molar-refractivity contribution in [2.24, 2.45) is 5.92 Å². The van der Waals surface area contributed by atoms with Gasteiger partial charge in [-0.1, -0.05) is 13.8 Å². The van der Waals surface area contributed by atoms with Crippen molar-refractivity contribution in [1.82, 2.24) is 24.4 Å². The lowest BCUT2D eigenvalue weighted by atomic mass is 10.0. The maximum Gasteiger partial charge on any atom is 0.410 e. The van der Waals surface area contributed by atoms with Gasteiger partial charge in [-0.2, -0.15) is 5.10 Å². The Kier molecular flexibility index (Phi) is 6.08. The molecule has 2 aliphatic rings. The molecule has 0 saturated carbocycles. The van der Waals surface area contributed by atoms with E-state index in [9.17, 15) is 9.59 Å². The van der Waals surface area contributed by atoms with Crippen molar-refractivity contribution in [2.45, 2.75) is 65.1 Å². The highest BCUT2D eigenvalue weighted by Crippen LogP contribution is 2.30. The van der Waals surface area contributed by atoms with Gasteiger partial charge in [0.1, 0.15) is 11.4 Å². The molecule has 2 fully saturated rings. The fourth-order valence-corrected chi connectivity index (χ4v) is 4.78. The Bertz CT molecular complexity index is 1020. The third-order valence-electron chi connectivity index (χ3n) is 5.98. The van der Waals surface area contributed by atoms with Crippen molar-refractivity contribution in [3.8, 4) is 0 Å². The number of amides is 3. The molecule has 4 rings (SSSR count). The molecule has 4 heterocycles. The van der Waals surface area contributed by atoms with Crippen molar-refractivity contribution >= 4 is 39.5 Å². The van der Waals surface area contributed by atoms with Crippen LogP contribution in [0, 0.1) is 5.92 Å². The van der Waals surface area contributed by atoms with Gasteiger partial charge in [-0.05, 0) is 61.5 Å². The van der Waals surface area contributed by atoms with E-state index in [4.69, 9.17) is 9.72 Å². The molecule has 0 spiro atoms. The first kappa shape index (κ1) is 22.8. The summed E-state index contributed by atoms with van der Waals surface area (Å²) in [5.41, 5.74) is 0.127. The molecule has 0 aromatic carbocycles. The predicted molar refractivity (Wildman–Crippen MR) is 125 cm³/mol. The van der Waals surface area contributed by atoms with Crippen molar-refractivity contribution < 1.29 is 14.3 Å². The van der Waals surface area contributed by atoms with Gasteiger partial charge in [-0.25, -0.2) is 19.1 Å². The topological polar surface area (TPSA) is 83.3 Å². The molecular formula is C22H31BrN6O3. The standard InChI is InChI=1S/C22H31BrN6O3/c1-14(2)17-13-26(12-15-7-6-9-27(15)21(31)32-22(3,4)5)20(30)29(17)18-8-10-28-19(25-18)16(23)11-24-28/h8,10-11,14-15,17H,6-7,9,12-13H2,1-5H3/t15-,17-/m1/s1. The summed E-state index contributed by atoms with van der Waals surface area (Å²) in [5, 5.41) is 4.24. The van der Waals surface area contributed by atoms with Gasteiger partial charge in [-0.3, -0.25) is 4.90 Å². The summed E-state index contributed by atoms with van der Waals surface area (Å²) in [5.74, 6) is 0.862. The van der Waals surface area contributed by atoms with Crippen LogP contribution in [0.5, 0.6) is 0 Å².